The molecule has 1 rings (SSSR count). The predicted octanol–water partition coefficient (Wildman–Crippen LogP) is 3.14. The molecule has 0 aromatic heterocycles. The molecule has 102 valence electrons. The molecule has 0 bridgehead atoms. The zero-order valence-electron chi connectivity index (χ0n) is 10.4. The van der Waals surface area contributed by atoms with Gasteiger partial charge in [0, 0.05) is 12.2 Å². The zero-order valence-corrected chi connectivity index (χ0v) is 11.2. The van der Waals surface area contributed by atoms with Crippen LogP contribution >= 0.6 is 0 Å². The van der Waals surface area contributed by atoms with E-state index in [0.29, 0.717) is 5.92 Å². The summed E-state index contributed by atoms with van der Waals surface area (Å²) in [5.41, 5.74) is 0.725. The Labute approximate surface area is 106 Å². The van der Waals surface area contributed by atoms with Crippen molar-refractivity contribution in [2.24, 2.45) is 5.92 Å². The van der Waals surface area contributed by atoms with Gasteiger partial charge in [-0.25, -0.2) is 8.42 Å². The Morgan fingerprint density at radius 3 is 2.22 bits per heavy atom. The number of benzene rings is 1. The molecule has 0 aliphatic heterocycles. The minimum atomic E-state index is -4.49. The lowest BCUT2D eigenvalue weighted by atomic mass is 10.1. The van der Waals surface area contributed by atoms with E-state index >= 15 is 0 Å². The Hall–Kier alpha value is -1.17. The molecule has 0 radical (unpaired) electrons. The van der Waals surface area contributed by atoms with Crippen molar-refractivity contribution in [2.45, 2.75) is 30.9 Å². The molecule has 3 nitrogen and oxygen atoms in total. The molecule has 0 saturated heterocycles. The fourth-order valence-corrected chi connectivity index (χ4v) is 2.02. The Morgan fingerprint density at radius 1 is 1.22 bits per heavy atom. The Morgan fingerprint density at radius 2 is 1.78 bits per heavy atom. The first kappa shape index (κ1) is 14.9. The highest BCUT2D eigenvalue weighted by atomic mass is 32.2. The van der Waals surface area contributed by atoms with E-state index in [9.17, 15) is 17.2 Å². The van der Waals surface area contributed by atoms with Gasteiger partial charge in [-0.2, -0.15) is 8.78 Å². The van der Waals surface area contributed by atoms with Gasteiger partial charge < -0.3 is 5.32 Å². The first-order valence-electron chi connectivity index (χ1n) is 5.74. The van der Waals surface area contributed by atoms with E-state index in [-0.39, 0.29) is 4.90 Å². The predicted molar refractivity (Wildman–Crippen MR) is 67.6 cm³/mol. The summed E-state index contributed by atoms with van der Waals surface area (Å²) in [6.07, 6.45) is 1.03. The molecule has 0 aliphatic rings. The molecule has 0 amide bonds. The molecular weight excluding hydrogens is 260 g/mol. The summed E-state index contributed by atoms with van der Waals surface area (Å²) >= 11 is 0. The van der Waals surface area contributed by atoms with E-state index in [1.807, 2.05) is 0 Å². The third kappa shape index (κ3) is 3.66. The van der Waals surface area contributed by atoms with Crippen LogP contribution in [0.5, 0.6) is 0 Å². The summed E-state index contributed by atoms with van der Waals surface area (Å²) < 4.78 is 47.0. The summed E-state index contributed by atoms with van der Waals surface area (Å²) in [6.45, 7) is 4.92. The van der Waals surface area contributed by atoms with Crippen LogP contribution in [-0.2, 0) is 9.84 Å². The van der Waals surface area contributed by atoms with Crippen molar-refractivity contribution in [2.75, 3.05) is 11.9 Å². The average molecular weight is 277 g/mol. The fourth-order valence-electron chi connectivity index (χ4n) is 1.30. The van der Waals surface area contributed by atoms with Crippen molar-refractivity contribution < 1.29 is 17.2 Å². The van der Waals surface area contributed by atoms with Crippen LogP contribution in [0.1, 0.15) is 20.3 Å². The van der Waals surface area contributed by atoms with E-state index < -0.39 is 15.6 Å². The molecular formula is C12H17F2NO2S. The van der Waals surface area contributed by atoms with Gasteiger partial charge in [-0.1, -0.05) is 20.3 Å². The Bertz CT molecular complexity index is 471. The van der Waals surface area contributed by atoms with Gasteiger partial charge in [-0.15, -0.1) is 0 Å². The second-order valence-electron chi connectivity index (χ2n) is 4.22. The van der Waals surface area contributed by atoms with Crippen molar-refractivity contribution in [1.82, 2.24) is 0 Å². The summed E-state index contributed by atoms with van der Waals surface area (Å²) in [7, 11) is -4.49. The zero-order chi connectivity index (χ0) is 13.8. The number of hydrogen-bond acceptors (Lipinski definition) is 3. The lowest BCUT2D eigenvalue weighted by molar-refractivity contribution is 0.234. The third-order valence-electron chi connectivity index (χ3n) is 2.77. The number of hydrogen-bond donors (Lipinski definition) is 1. The second kappa shape index (κ2) is 6.13. The maximum Gasteiger partial charge on any atom is 0.341 e. The quantitative estimate of drug-likeness (QED) is 0.869. The lowest BCUT2D eigenvalue weighted by Gasteiger charge is -2.11. The summed E-state index contributed by atoms with van der Waals surface area (Å²) in [6, 6.07) is 5.39. The highest BCUT2D eigenvalue weighted by Gasteiger charge is 2.26. The van der Waals surface area contributed by atoms with Gasteiger partial charge in [0.15, 0.2) is 0 Å². The average Bonchev–Trinajstić information content (AvgIpc) is 2.36. The maximum atomic E-state index is 12.3. The van der Waals surface area contributed by atoms with Gasteiger partial charge in [-0.05, 0) is 30.2 Å². The van der Waals surface area contributed by atoms with Gasteiger partial charge in [0.1, 0.15) is 0 Å². The SMILES string of the molecule is CCC(C)CNc1ccc(S(=O)(=O)C(F)F)cc1. The number of anilines is 1. The molecule has 0 saturated carbocycles. The van der Waals surface area contributed by atoms with Gasteiger partial charge in [0.05, 0.1) is 4.90 Å². The molecule has 18 heavy (non-hydrogen) atoms. The molecule has 1 N–H and O–H groups in total. The smallest absolute Gasteiger partial charge is 0.341 e. The van der Waals surface area contributed by atoms with Crippen LogP contribution in [0.4, 0.5) is 14.5 Å². The highest BCUT2D eigenvalue weighted by Crippen LogP contribution is 2.20. The number of rotatable bonds is 6. The standard InChI is InChI=1S/C12H17F2NO2S/c1-3-9(2)8-15-10-4-6-11(7-5-10)18(16,17)12(13)14/h4-7,9,12,15H,3,8H2,1-2H3. The normalized spacial score (nSPS) is 13.6. The highest BCUT2D eigenvalue weighted by molar-refractivity contribution is 7.91. The summed E-state index contributed by atoms with van der Waals surface area (Å²) in [5.74, 6) is -2.88. The molecule has 1 unspecified atom stereocenters. The van der Waals surface area contributed by atoms with E-state index in [2.05, 4.69) is 19.2 Å². The first-order valence-corrected chi connectivity index (χ1v) is 7.28. The van der Waals surface area contributed by atoms with Crippen molar-refractivity contribution in [1.29, 1.82) is 0 Å². The van der Waals surface area contributed by atoms with Crippen molar-refractivity contribution in [3.8, 4) is 0 Å². The molecule has 0 aliphatic carbocycles. The minimum absolute atomic E-state index is 0.355. The topological polar surface area (TPSA) is 46.2 Å². The van der Waals surface area contributed by atoms with Crippen LogP contribution in [0.15, 0.2) is 29.2 Å². The van der Waals surface area contributed by atoms with Crippen LogP contribution in [-0.4, -0.2) is 20.7 Å². The van der Waals surface area contributed by atoms with Crippen molar-refractivity contribution in [3.63, 3.8) is 0 Å². The van der Waals surface area contributed by atoms with E-state index in [0.717, 1.165) is 18.7 Å². The maximum absolute atomic E-state index is 12.3. The first-order chi connectivity index (χ1) is 8.37. The van der Waals surface area contributed by atoms with Gasteiger partial charge >= 0.3 is 5.76 Å². The van der Waals surface area contributed by atoms with Crippen LogP contribution in [0.2, 0.25) is 0 Å². The molecule has 0 heterocycles. The molecule has 0 fully saturated rings. The van der Waals surface area contributed by atoms with Gasteiger partial charge in [0.2, 0.25) is 9.84 Å². The van der Waals surface area contributed by atoms with E-state index in [1.165, 1.54) is 24.3 Å². The van der Waals surface area contributed by atoms with Gasteiger partial charge in [-0.3, -0.25) is 0 Å². The molecule has 1 aromatic rings. The summed E-state index contributed by atoms with van der Waals surface area (Å²) in [4.78, 5) is -0.355. The van der Waals surface area contributed by atoms with Gasteiger partial charge in [0.25, 0.3) is 0 Å². The Kier molecular flexibility index (Phi) is 5.07. The lowest BCUT2D eigenvalue weighted by Crippen LogP contribution is -2.12. The second-order valence-corrected chi connectivity index (χ2v) is 6.14. The van der Waals surface area contributed by atoms with E-state index in [4.69, 9.17) is 0 Å². The molecule has 0 spiro atoms. The molecule has 1 aromatic carbocycles. The van der Waals surface area contributed by atoms with Crippen molar-refractivity contribution >= 4 is 15.5 Å². The molecule has 1 atom stereocenters. The van der Waals surface area contributed by atoms with Crippen molar-refractivity contribution in [3.05, 3.63) is 24.3 Å². The summed E-state index contributed by atoms with van der Waals surface area (Å²) in [5, 5.41) is 3.12. The fraction of sp³-hybridized carbons (Fsp3) is 0.500. The van der Waals surface area contributed by atoms with Crippen LogP contribution < -0.4 is 5.32 Å². The van der Waals surface area contributed by atoms with Crippen LogP contribution in [0, 0.1) is 5.92 Å². The van der Waals surface area contributed by atoms with Crippen LogP contribution in [0.25, 0.3) is 0 Å². The minimum Gasteiger partial charge on any atom is -0.385 e. The number of sulfone groups is 1. The van der Waals surface area contributed by atoms with E-state index in [1.54, 1.807) is 0 Å². The number of alkyl halides is 2. The third-order valence-corrected chi connectivity index (χ3v) is 4.17. The van der Waals surface area contributed by atoms with Crippen LogP contribution in [0.3, 0.4) is 0 Å². The largest absolute Gasteiger partial charge is 0.385 e. The number of halogens is 2. The monoisotopic (exact) mass is 277 g/mol. The Balaban J connectivity index is 2.75. The number of nitrogens with one attached hydrogen (secondary N) is 1. The molecule has 6 heteroatoms.